The average Bonchev–Trinajstić information content (AvgIpc) is 2.96. The van der Waals surface area contributed by atoms with Crippen molar-refractivity contribution in [2.45, 2.75) is 38.9 Å². The van der Waals surface area contributed by atoms with E-state index in [2.05, 4.69) is 34.7 Å². The van der Waals surface area contributed by atoms with Gasteiger partial charge in [-0.15, -0.1) is 5.10 Å². The number of aryl methyl sites for hydroxylation is 3. The second-order valence-electron chi connectivity index (χ2n) is 6.24. The molecule has 2 heterocycles. The molecule has 136 valence electrons. The van der Waals surface area contributed by atoms with Crippen molar-refractivity contribution in [3.8, 4) is 0 Å². The molecule has 2 rings (SSSR count). The van der Waals surface area contributed by atoms with Gasteiger partial charge in [0, 0.05) is 32.1 Å². The molecule has 0 fully saturated rings. The van der Waals surface area contributed by atoms with Crippen molar-refractivity contribution < 1.29 is 4.79 Å². The number of hydrogen-bond acceptors (Lipinski definition) is 6. The summed E-state index contributed by atoms with van der Waals surface area (Å²) >= 11 is 1.44. The molecule has 0 radical (unpaired) electrons. The summed E-state index contributed by atoms with van der Waals surface area (Å²) < 4.78 is 3.18. The number of aromatic nitrogens is 5. The molecule has 0 aliphatic carbocycles. The van der Waals surface area contributed by atoms with Gasteiger partial charge in [0.25, 0.3) is 11.5 Å². The molecule has 0 aliphatic heterocycles. The Morgan fingerprint density at radius 3 is 2.80 bits per heavy atom. The van der Waals surface area contributed by atoms with Crippen molar-refractivity contribution in [1.29, 1.82) is 0 Å². The lowest BCUT2D eigenvalue weighted by atomic mass is 10.1. The summed E-state index contributed by atoms with van der Waals surface area (Å²) in [6, 6.07) is 1.82. The van der Waals surface area contributed by atoms with E-state index in [1.807, 2.05) is 6.07 Å². The molecule has 0 saturated carbocycles. The van der Waals surface area contributed by atoms with Gasteiger partial charge in [-0.1, -0.05) is 25.6 Å². The van der Waals surface area contributed by atoms with Crippen molar-refractivity contribution in [2.24, 2.45) is 13.0 Å². The summed E-state index contributed by atoms with van der Waals surface area (Å²) in [5.41, 5.74) is 0.674. The van der Waals surface area contributed by atoms with E-state index in [0.29, 0.717) is 35.5 Å². The quantitative estimate of drug-likeness (QED) is 0.559. The van der Waals surface area contributed by atoms with Gasteiger partial charge < -0.3 is 9.88 Å². The highest BCUT2D eigenvalue weighted by molar-refractivity contribution is 7.99. The molecule has 0 saturated heterocycles. The third kappa shape index (κ3) is 5.15. The first-order valence-electron chi connectivity index (χ1n) is 8.23. The van der Waals surface area contributed by atoms with E-state index in [1.165, 1.54) is 11.8 Å². The fourth-order valence-corrected chi connectivity index (χ4v) is 2.96. The lowest BCUT2D eigenvalue weighted by molar-refractivity contribution is 0.0953. The zero-order chi connectivity index (χ0) is 18.4. The van der Waals surface area contributed by atoms with Crippen LogP contribution in [0.5, 0.6) is 0 Å². The average molecular weight is 364 g/mol. The maximum Gasteiger partial charge on any atom is 0.263 e. The molecule has 2 aromatic heterocycles. The number of tetrazole rings is 1. The first-order valence-corrected chi connectivity index (χ1v) is 9.22. The number of thioether (sulfide) groups is 1. The van der Waals surface area contributed by atoms with E-state index in [0.717, 1.165) is 6.42 Å². The highest BCUT2D eigenvalue weighted by Crippen LogP contribution is 2.11. The Bertz CT molecular complexity index is 783. The molecule has 0 atom stereocenters. The summed E-state index contributed by atoms with van der Waals surface area (Å²) in [5, 5.41) is 14.6. The van der Waals surface area contributed by atoms with Crippen LogP contribution in [0.4, 0.5) is 0 Å². The largest absolute Gasteiger partial charge is 0.351 e. The van der Waals surface area contributed by atoms with Crippen molar-refractivity contribution in [3.63, 3.8) is 0 Å². The Morgan fingerprint density at radius 1 is 1.40 bits per heavy atom. The molecule has 0 aliphatic rings. The van der Waals surface area contributed by atoms with E-state index in [4.69, 9.17) is 0 Å². The molecule has 25 heavy (non-hydrogen) atoms. The third-order valence-electron chi connectivity index (χ3n) is 3.75. The van der Waals surface area contributed by atoms with E-state index < -0.39 is 0 Å². The second-order valence-corrected chi connectivity index (χ2v) is 7.31. The van der Waals surface area contributed by atoms with Crippen molar-refractivity contribution in [2.75, 3.05) is 12.3 Å². The van der Waals surface area contributed by atoms with Crippen molar-refractivity contribution in [3.05, 3.63) is 33.7 Å². The van der Waals surface area contributed by atoms with Crippen LogP contribution in [0.3, 0.4) is 0 Å². The fraction of sp³-hybridized carbons (Fsp3) is 0.562. The van der Waals surface area contributed by atoms with E-state index in [9.17, 15) is 9.59 Å². The lowest BCUT2D eigenvalue weighted by Gasteiger charge is -2.12. The van der Waals surface area contributed by atoms with Gasteiger partial charge in [-0.25, -0.2) is 4.68 Å². The Hall–Kier alpha value is -2.16. The molecule has 0 aromatic carbocycles. The number of nitrogens with zero attached hydrogens (tertiary/aromatic N) is 5. The number of hydrogen-bond donors (Lipinski definition) is 1. The molecular weight excluding hydrogens is 340 g/mol. The lowest BCUT2D eigenvalue weighted by Crippen LogP contribution is -2.35. The normalized spacial score (nSPS) is 11.1. The molecule has 1 N–H and O–H groups in total. The number of carbonyl (C=O) groups excluding carboxylic acids is 1. The summed E-state index contributed by atoms with van der Waals surface area (Å²) in [5.74, 6) is 0.781. The minimum absolute atomic E-state index is 0.219. The van der Waals surface area contributed by atoms with Gasteiger partial charge in [0.1, 0.15) is 5.56 Å². The van der Waals surface area contributed by atoms with Crippen LogP contribution >= 0.6 is 11.8 Å². The second kappa shape index (κ2) is 8.80. The first kappa shape index (κ1) is 19.2. The summed E-state index contributed by atoms with van der Waals surface area (Å²) in [7, 11) is 1.76. The molecule has 0 spiro atoms. The Balaban J connectivity index is 1.97. The minimum atomic E-state index is -0.335. The minimum Gasteiger partial charge on any atom is -0.351 e. The van der Waals surface area contributed by atoms with Gasteiger partial charge in [-0.2, -0.15) is 0 Å². The predicted molar refractivity (Wildman–Crippen MR) is 96.7 cm³/mol. The Kier molecular flexibility index (Phi) is 6.74. The number of rotatable bonds is 8. The van der Waals surface area contributed by atoms with E-state index >= 15 is 0 Å². The molecule has 1 amide bonds. The summed E-state index contributed by atoms with van der Waals surface area (Å²) in [6.45, 7) is 7.04. The van der Waals surface area contributed by atoms with Gasteiger partial charge in [0.15, 0.2) is 0 Å². The van der Waals surface area contributed by atoms with Gasteiger partial charge in [-0.3, -0.25) is 9.59 Å². The monoisotopic (exact) mass is 364 g/mol. The van der Waals surface area contributed by atoms with Crippen LogP contribution in [0.15, 0.2) is 22.2 Å². The molecule has 0 bridgehead atoms. The zero-order valence-corrected chi connectivity index (χ0v) is 15.8. The summed E-state index contributed by atoms with van der Waals surface area (Å²) in [4.78, 5) is 25.0. The molecular formula is C16H24N6O2S. The van der Waals surface area contributed by atoms with Crippen molar-refractivity contribution >= 4 is 17.7 Å². The van der Waals surface area contributed by atoms with Crippen LogP contribution in [0, 0.1) is 12.8 Å². The van der Waals surface area contributed by atoms with Gasteiger partial charge >= 0.3 is 0 Å². The highest BCUT2D eigenvalue weighted by atomic mass is 32.2. The van der Waals surface area contributed by atoms with Crippen LogP contribution in [0.2, 0.25) is 0 Å². The van der Waals surface area contributed by atoms with Gasteiger partial charge in [0.2, 0.25) is 5.16 Å². The van der Waals surface area contributed by atoms with E-state index in [-0.39, 0.29) is 17.0 Å². The van der Waals surface area contributed by atoms with Crippen LogP contribution in [0.1, 0.15) is 36.2 Å². The molecule has 8 nitrogen and oxygen atoms in total. The van der Waals surface area contributed by atoms with Crippen LogP contribution in [-0.2, 0) is 13.6 Å². The van der Waals surface area contributed by atoms with Gasteiger partial charge in [-0.05, 0) is 41.3 Å². The SMILES string of the molecule is Cc1ccn(CCC(C)C)c(=O)c1C(=O)NCCSc1nnnn1C. The van der Waals surface area contributed by atoms with Gasteiger partial charge in [0.05, 0.1) is 0 Å². The number of nitrogens with one attached hydrogen (secondary N) is 1. The maximum atomic E-state index is 12.6. The zero-order valence-electron chi connectivity index (χ0n) is 15.0. The van der Waals surface area contributed by atoms with Crippen LogP contribution < -0.4 is 10.9 Å². The third-order valence-corrected chi connectivity index (χ3v) is 4.76. The number of carbonyl (C=O) groups is 1. The number of amides is 1. The number of pyridine rings is 1. The first-order chi connectivity index (χ1) is 11.9. The Labute approximate surface area is 151 Å². The Morgan fingerprint density at radius 2 is 2.16 bits per heavy atom. The highest BCUT2D eigenvalue weighted by Gasteiger charge is 2.15. The molecule has 2 aromatic rings. The van der Waals surface area contributed by atoms with Crippen LogP contribution in [0.25, 0.3) is 0 Å². The fourth-order valence-electron chi connectivity index (χ4n) is 2.25. The molecule has 9 heteroatoms. The summed E-state index contributed by atoms with van der Waals surface area (Å²) in [6.07, 6.45) is 2.65. The molecule has 0 unspecified atom stereocenters. The smallest absolute Gasteiger partial charge is 0.263 e. The maximum absolute atomic E-state index is 12.6. The van der Waals surface area contributed by atoms with Crippen LogP contribution in [-0.4, -0.2) is 43.0 Å². The topological polar surface area (TPSA) is 94.7 Å². The van der Waals surface area contributed by atoms with E-state index in [1.54, 1.807) is 29.4 Å². The van der Waals surface area contributed by atoms with Crippen molar-refractivity contribution in [1.82, 2.24) is 30.1 Å². The predicted octanol–water partition coefficient (Wildman–Crippen LogP) is 1.25. The standard InChI is InChI=1S/C16H24N6O2S/c1-11(2)5-8-22-9-6-12(3)13(15(22)24)14(23)17-7-10-25-16-18-19-20-21(16)4/h6,9,11H,5,7-8,10H2,1-4H3,(H,17,23).